The molecule has 0 aliphatic rings. The number of rotatable bonds is 5. The number of halogens is 2. The molecule has 1 rings (SSSR count). The molecule has 1 aromatic rings. The zero-order valence-electron chi connectivity index (χ0n) is 10.1. The highest BCUT2D eigenvalue weighted by atomic mass is 19.3. The predicted octanol–water partition coefficient (Wildman–Crippen LogP) is 3.02. The van der Waals surface area contributed by atoms with Crippen molar-refractivity contribution < 1.29 is 13.6 Å². The first-order valence-electron chi connectivity index (χ1n) is 5.73. The van der Waals surface area contributed by atoms with Gasteiger partial charge in [-0.2, -0.15) is 0 Å². The summed E-state index contributed by atoms with van der Waals surface area (Å²) in [5.74, 6) is -3.29. The van der Waals surface area contributed by atoms with E-state index in [4.69, 9.17) is 0 Å². The molecule has 0 saturated heterocycles. The molecule has 1 aromatic carbocycles. The second kappa shape index (κ2) is 5.75. The molecule has 0 aromatic heterocycles. The van der Waals surface area contributed by atoms with Crippen LogP contribution in [0, 0.1) is 0 Å². The molecule has 0 aliphatic heterocycles. The fraction of sp³-hybridized carbons (Fsp3) is 0.462. The molecule has 94 valence electrons. The van der Waals surface area contributed by atoms with Gasteiger partial charge in [0.1, 0.15) is 0 Å². The first-order valence-corrected chi connectivity index (χ1v) is 5.73. The lowest BCUT2D eigenvalue weighted by molar-refractivity contribution is -0.00101. The number of alkyl halides is 2. The number of nitrogens with one attached hydrogen (secondary N) is 1. The molecule has 2 nitrogen and oxygen atoms in total. The van der Waals surface area contributed by atoms with Crippen molar-refractivity contribution in [3.05, 3.63) is 35.4 Å². The molecule has 4 heteroatoms. The molecule has 0 atom stereocenters. The maximum Gasteiger partial charge on any atom is 0.264 e. The average Bonchev–Trinajstić information content (AvgIpc) is 2.36. The van der Waals surface area contributed by atoms with Crippen LogP contribution in [0.2, 0.25) is 0 Å². The predicted molar refractivity (Wildman–Crippen MR) is 63.4 cm³/mol. The van der Waals surface area contributed by atoms with Crippen molar-refractivity contribution >= 4 is 5.91 Å². The summed E-state index contributed by atoms with van der Waals surface area (Å²) < 4.78 is 25.9. The van der Waals surface area contributed by atoms with Gasteiger partial charge >= 0.3 is 0 Å². The fourth-order valence-corrected chi connectivity index (χ4v) is 1.33. The van der Waals surface area contributed by atoms with E-state index in [1.807, 2.05) is 19.1 Å². The highest BCUT2D eigenvalue weighted by Gasteiger charge is 2.26. The lowest BCUT2D eigenvalue weighted by Gasteiger charge is -2.14. The zero-order chi connectivity index (χ0) is 12.9. The Morgan fingerprint density at radius 2 is 1.82 bits per heavy atom. The summed E-state index contributed by atoms with van der Waals surface area (Å²) in [5.41, 5.74) is 1.52. The first kappa shape index (κ1) is 13.6. The molecule has 0 aliphatic carbocycles. The summed E-state index contributed by atoms with van der Waals surface area (Å²) in [4.78, 5) is 11.6. The van der Waals surface area contributed by atoms with Crippen molar-refractivity contribution in [3.8, 4) is 0 Å². The largest absolute Gasteiger partial charge is 0.346 e. The summed E-state index contributed by atoms with van der Waals surface area (Å²) in [6.45, 7) is 2.79. The monoisotopic (exact) mass is 241 g/mol. The third-order valence-electron chi connectivity index (χ3n) is 2.65. The van der Waals surface area contributed by atoms with E-state index in [1.54, 1.807) is 12.1 Å². The van der Waals surface area contributed by atoms with Gasteiger partial charge in [0, 0.05) is 12.0 Å². The van der Waals surface area contributed by atoms with E-state index in [9.17, 15) is 13.6 Å². The fourth-order valence-electron chi connectivity index (χ4n) is 1.33. The smallest absolute Gasteiger partial charge is 0.264 e. The molecule has 0 spiro atoms. The maximum absolute atomic E-state index is 12.9. The van der Waals surface area contributed by atoms with Crippen LogP contribution >= 0.6 is 0 Å². The van der Waals surface area contributed by atoms with Crippen molar-refractivity contribution in [1.82, 2.24) is 5.32 Å². The third-order valence-corrected chi connectivity index (χ3v) is 2.65. The molecular weight excluding hydrogens is 224 g/mol. The Kier molecular flexibility index (Phi) is 4.61. The number of carbonyl (C=O) groups is 1. The van der Waals surface area contributed by atoms with Gasteiger partial charge in [-0.1, -0.05) is 26.0 Å². The van der Waals surface area contributed by atoms with Gasteiger partial charge in [-0.3, -0.25) is 4.79 Å². The van der Waals surface area contributed by atoms with Gasteiger partial charge in [0.15, 0.2) is 0 Å². The van der Waals surface area contributed by atoms with E-state index in [2.05, 4.69) is 5.32 Å². The molecule has 0 unspecified atom stereocenters. The lowest BCUT2D eigenvalue weighted by Crippen LogP contribution is -2.36. The molecule has 0 fully saturated rings. The maximum atomic E-state index is 12.9. The molecule has 1 amide bonds. The van der Waals surface area contributed by atoms with Crippen LogP contribution in [-0.4, -0.2) is 18.4 Å². The van der Waals surface area contributed by atoms with E-state index in [1.165, 1.54) is 6.92 Å². The quantitative estimate of drug-likeness (QED) is 0.843. The Balaban J connectivity index is 2.58. The number of hydrogen-bond donors (Lipinski definition) is 1. The number of amides is 1. The molecule has 0 radical (unpaired) electrons. The van der Waals surface area contributed by atoms with Crippen LogP contribution in [0.4, 0.5) is 8.78 Å². The van der Waals surface area contributed by atoms with Crippen molar-refractivity contribution in [2.75, 3.05) is 6.54 Å². The van der Waals surface area contributed by atoms with Crippen LogP contribution in [0.5, 0.6) is 0 Å². The van der Waals surface area contributed by atoms with Gasteiger partial charge in [-0.25, -0.2) is 8.78 Å². The minimum atomic E-state index is -2.83. The van der Waals surface area contributed by atoms with E-state index in [0.29, 0.717) is 5.56 Å². The van der Waals surface area contributed by atoms with Gasteiger partial charge in [0.05, 0.1) is 6.54 Å². The Labute approximate surface area is 100 Å². The second-order valence-electron chi connectivity index (χ2n) is 3.94. The summed E-state index contributed by atoms with van der Waals surface area (Å²) in [7, 11) is 0. The molecular formula is C13H17F2NO. The van der Waals surface area contributed by atoms with Crippen molar-refractivity contribution in [1.29, 1.82) is 0 Å². The molecule has 1 N–H and O–H groups in total. The summed E-state index contributed by atoms with van der Waals surface area (Å²) in [6, 6.07) is 6.95. The van der Waals surface area contributed by atoms with Gasteiger partial charge < -0.3 is 5.32 Å². The van der Waals surface area contributed by atoms with Gasteiger partial charge in [-0.05, 0) is 24.1 Å². The summed E-state index contributed by atoms with van der Waals surface area (Å²) in [6.07, 6.45) is 0.609. The number of hydrogen-bond acceptors (Lipinski definition) is 1. The number of carbonyl (C=O) groups excluding carboxylic acids is 1. The Morgan fingerprint density at radius 3 is 2.29 bits per heavy atom. The van der Waals surface area contributed by atoms with Gasteiger partial charge in [-0.15, -0.1) is 0 Å². The van der Waals surface area contributed by atoms with E-state index < -0.39 is 18.4 Å². The topological polar surface area (TPSA) is 29.1 Å². The van der Waals surface area contributed by atoms with Crippen LogP contribution in [0.3, 0.4) is 0 Å². The van der Waals surface area contributed by atoms with E-state index in [-0.39, 0.29) is 6.42 Å². The van der Waals surface area contributed by atoms with E-state index >= 15 is 0 Å². The molecule has 0 heterocycles. The summed E-state index contributed by atoms with van der Waals surface area (Å²) in [5, 5.41) is 2.24. The number of aryl methyl sites for hydroxylation is 1. The normalized spacial score (nSPS) is 11.3. The molecule has 0 bridgehead atoms. The van der Waals surface area contributed by atoms with Crippen LogP contribution in [-0.2, 0) is 6.42 Å². The SMILES string of the molecule is CCc1ccc(C(=O)NCC(F)(F)CC)cc1. The second-order valence-corrected chi connectivity index (χ2v) is 3.94. The Bertz CT molecular complexity index is 374. The van der Waals surface area contributed by atoms with Gasteiger partial charge in [0.2, 0.25) is 0 Å². The Hall–Kier alpha value is -1.45. The Morgan fingerprint density at radius 1 is 1.24 bits per heavy atom. The van der Waals surface area contributed by atoms with Crippen molar-refractivity contribution in [2.24, 2.45) is 0 Å². The van der Waals surface area contributed by atoms with Gasteiger partial charge in [0.25, 0.3) is 11.8 Å². The third kappa shape index (κ3) is 4.13. The minimum Gasteiger partial charge on any atom is -0.346 e. The van der Waals surface area contributed by atoms with E-state index in [0.717, 1.165) is 12.0 Å². The number of benzene rings is 1. The standard InChI is InChI=1S/C13H17F2NO/c1-3-10-5-7-11(8-6-10)12(17)16-9-13(14,15)4-2/h5-8H,3-4,9H2,1-2H3,(H,16,17). The average molecular weight is 241 g/mol. The minimum absolute atomic E-state index is 0.276. The van der Waals surface area contributed by atoms with Crippen molar-refractivity contribution in [3.63, 3.8) is 0 Å². The van der Waals surface area contributed by atoms with Crippen LogP contribution in [0.15, 0.2) is 24.3 Å². The molecule has 17 heavy (non-hydrogen) atoms. The van der Waals surface area contributed by atoms with Crippen LogP contribution in [0.1, 0.15) is 36.2 Å². The van der Waals surface area contributed by atoms with Crippen LogP contribution < -0.4 is 5.32 Å². The highest BCUT2D eigenvalue weighted by Crippen LogP contribution is 2.16. The zero-order valence-corrected chi connectivity index (χ0v) is 10.1. The molecule has 0 saturated carbocycles. The van der Waals surface area contributed by atoms with Crippen molar-refractivity contribution in [2.45, 2.75) is 32.6 Å². The highest BCUT2D eigenvalue weighted by molar-refractivity contribution is 5.94. The van der Waals surface area contributed by atoms with Crippen LogP contribution in [0.25, 0.3) is 0 Å². The lowest BCUT2D eigenvalue weighted by atomic mass is 10.1. The first-order chi connectivity index (χ1) is 7.98. The summed E-state index contributed by atoms with van der Waals surface area (Å²) >= 11 is 0.